The smallest absolute Gasteiger partial charge is 0.230 e. The number of rotatable bonds is 9. The Kier molecular flexibility index (Phi) is 6.91. The molecule has 1 heterocycles. The molecule has 0 saturated carbocycles. The number of anilines is 1. The highest BCUT2D eigenvalue weighted by Gasteiger charge is 2.06. The maximum Gasteiger partial charge on any atom is 0.230 e. The number of nitrogens with zero attached hydrogens (tertiary/aromatic N) is 2. The van der Waals surface area contributed by atoms with Crippen LogP contribution in [-0.4, -0.2) is 36.8 Å². The third-order valence-electron chi connectivity index (χ3n) is 3.99. The van der Waals surface area contributed by atoms with Gasteiger partial charge in [0, 0.05) is 31.6 Å². The quantitative estimate of drug-likeness (QED) is 0.562. The van der Waals surface area contributed by atoms with Crippen molar-refractivity contribution in [3.8, 4) is 0 Å². The fraction of sp³-hybridized carbons (Fsp3) is 0.300. The summed E-state index contributed by atoms with van der Waals surface area (Å²) in [7, 11) is 2.07. The number of benzene rings is 2. The molecule has 1 aromatic heterocycles. The van der Waals surface area contributed by atoms with Gasteiger partial charge in [0.15, 0.2) is 0 Å². The Bertz CT molecular complexity index is 802. The molecule has 0 saturated heterocycles. The van der Waals surface area contributed by atoms with Gasteiger partial charge in [-0.3, -0.25) is 4.79 Å². The Hall–Kier alpha value is -2.05. The molecule has 1 N–H and O–H groups in total. The van der Waals surface area contributed by atoms with E-state index in [2.05, 4.69) is 40.4 Å². The van der Waals surface area contributed by atoms with Crippen molar-refractivity contribution in [1.29, 1.82) is 0 Å². The summed E-state index contributed by atoms with van der Waals surface area (Å²) >= 11 is 3.32. The zero-order valence-corrected chi connectivity index (χ0v) is 16.5. The van der Waals surface area contributed by atoms with E-state index in [1.54, 1.807) is 23.1 Å². The van der Waals surface area contributed by atoms with Crippen molar-refractivity contribution in [1.82, 2.24) is 10.3 Å². The van der Waals surface area contributed by atoms with Gasteiger partial charge in [-0.1, -0.05) is 30.3 Å². The molecule has 0 fully saturated rings. The SMILES string of the molecule is CN(CCCNC(=O)CSCc1nc2ccccc2s1)c1ccccc1. The first kappa shape index (κ1) is 18.7. The Morgan fingerprint density at radius 1 is 1.15 bits per heavy atom. The van der Waals surface area contributed by atoms with Crippen molar-refractivity contribution in [3.63, 3.8) is 0 Å². The Labute approximate surface area is 162 Å². The summed E-state index contributed by atoms with van der Waals surface area (Å²) in [6.45, 7) is 1.63. The summed E-state index contributed by atoms with van der Waals surface area (Å²) in [5.41, 5.74) is 2.24. The van der Waals surface area contributed by atoms with Gasteiger partial charge in [0.1, 0.15) is 5.01 Å². The molecule has 0 aliphatic rings. The first-order chi connectivity index (χ1) is 12.7. The Morgan fingerprint density at radius 2 is 1.92 bits per heavy atom. The molecule has 1 amide bonds. The van der Waals surface area contributed by atoms with E-state index >= 15 is 0 Å². The molecular weight excluding hydrogens is 362 g/mol. The number of amides is 1. The number of nitrogens with one attached hydrogen (secondary N) is 1. The van der Waals surface area contributed by atoms with Crippen molar-refractivity contribution >= 4 is 44.9 Å². The second-order valence-electron chi connectivity index (χ2n) is 6.03. The molecule has 136 valence electrons. The number of fused-ring (bicyclic) bond motifs is 1. The number of para-hydroxylation sites is 2. The van der Waals surface area contributed by atoms with E-state index in [9.17, 15) is 4.79 Å². The van der Waals surface area contributed by atoms with Gasteiger partial charge < -0.3 is 10.2 Å². The molecule has 6 heteroatoms. The highest BCUT2D eigenvalue weighted by molar-refractivity contribution is 7.99. The summed E-state index contributed by atoms with van der Waals surface area (Å²) < 4.78 is 1.20. The van der Waals surface area contributed by atoms with Gasteiger partial charge in [-0.25, -0.2) is 4.98 Å². The molecule has 0 aliphatic carbocycles. The molecular formula is C20H23N3OS2. The lowest BCUT2D eigenvalue weighted by atomic mass is 10.3. The molecule has 26 heavy (non-hydrogen) atoms. The summed E-state index contributed by atoms with van der Waals surface area (Å²) in [5.74, 6) is 1.35. The molecule has 0 unspecified atom stereocenters. The molecule has 0 atom stereocenters. The molecule has 4 nitrogen and oxygen atoms in total. The fourth-order valence-corrected chi connectivity index (χ4v) is 4.50. The molecule has 0 bridgehead atoms. The molecule has 3 aromatic rings. The van der Waals surface area contributed by atoms with Gasteiger partial charge in [-0.15, -0.1) is 23.1 Å². The third-order valence-corrected chi connectivity index (χ3v) is 6.15. The first-order valence-corrected chi connectivity index (χ1v) is 10.6. The average molecular weight is 386 g/mol. The van der Waals surface area contributed by atoms with Crippen LogP contribution in [0.5, 0.6) is 0 Å². The van der Waals surface area contributed by atoms with Crippen LogP contribution in [0.2, 0.25) is 0 Å². The van der Waals surface area contributed by atoms with Crippen LogP contribution < -0.4 is 10.2 Å². The van der Waals surface area contributed by atoms with Crippen molar-refractivity contribution in [2.75, 3.05) is 30.8 Å². The average Bonchev–Trinajstić information content (AvgIpc) is 3.08. The first-order valence-electron chi connectivity index (χ1n) is 8.67. The second-order valence-corrected chi connectivity index (χ2v) is 8.13. The van der Waals surface area contributed by atoms with Crippen LogP contribution in [0.3, 0.4) is 0 Å². The van der Waals surface area contributed by atoms with Crippen LogP contribution in [0.4, 0.5) is 5.69 Å². The number of hydrogen-bond acceptors (Lipinski definition) is 5. The van der Waals surface area contributed by atoms with Crippen LogP contribution >= 0.6 is 23.1 Å². The van der Waals surface area contributed by atoms with Crippen LogP contribution in [0.1, 0.15) is 11.4 Å². The van der Waals surface area contributed by atoms with E-state index in [1.165, 1.54) is 10.4 Å². The van der Waals surface area contributed by atoms with Gasteiger partial charge in [0.2, 0.25) is 5.91 Å². The minimum Gasteiger partial charge on any atom is -0.375 e. The third kappa shape index (κ3) is 5.47. The molecule has 2 aromatic carbocycles. The van der Waals surface area contributed by atoms with E-state index in [0.717, 1.165) is 29.2 Å². The van der Waals surface area contributed by atoms with Crippen LogP contribution in [-0.2, 0) is 10.5 Å². The zero-order valence-electron chi connectivity index (χ0n) is 14.9. The van der Waals surface area contributed by atoms with Crippen molar-refractivity contribution in [2.45, 2.75) is 12.2 Å². The van der Waals surface area contributed by atoms with Crippen LogP contribution in [0.15, 0.2) is 54.6 Å². The fourth-order valence-electron chi connectivity index (χ4n) is 2.62. The molecule has 0 aliphatic heterocycles. The van der Waals surface area contributed by atoms with Crippen molar-refractivity contribution < 1.29 is 4.79 Å². The second kappa shape index (κ2) is 9.59. The highest BCUT2D eigenvalue weighted by Crippen LogP contribution is 2.24. The lowest BCUT2D eigenvalue weighted by Gasteiger charge is -2.19. The van der Waals surface area contributed by atoms with Crippen LogP contribution in [0.25, 0.3) is 10.2 Å². The van der Waals surface area contributed by atoms with E-state index in [0.29, 0.717) is 12.3 Å². The Balaban J connectivity index is 1.30. The zero-order chi connectivity index (χ0) is 18.2. The van der Waals surface area contributed by atoms with E-state index in [-0.39, 0.29) is 5.91 Å². The number of hydrogen-bond donors (Lipinski definition) is 1. The molecule has 0 spiro atoms. The predicted octanol–water partition coefficient (Wildman–Crippen LogP) is 4.17. The monoisotopic (exact) mass is 385 g/mol. The van der Waals surface area contributed by atoms with E-state index < -0.39 is 0 Å². The van der Waals surface area contributed by atoms with Gasteiger partial charge in [-0.2, -0.15) is 0 Å². The number of thioether (sulfide) groups is 1. The minimum atomic E-state index is 0.0958. The molecule has 0 radical (unpaired) electrons. The molecule has 3 rings (SSSR count). The highest BCUT2D eigenvalue weighted by atomic mass is 32.2. The normalized spacial score (nSPS) is 10.8. The topological polar surface area (TPSA) is 45.2 Å². The summed E-state index contributed by atoms with van der Waals surface area (Å²) in [5, 5.41) is 4.08. The van der Waals surface area contributed by atoms with Crippen molar-refractivity contribution in [2.24, 2.45) is 0 Å². The largest absolute Gasteiger partial charge is 0.375 e. The number of carbonyl (C=O) groups excluding carboxylic acids is 1. The summed E-state index contributed by atoms with van der Waals surface area (Å²) in [6.07, 6.45) is 0.930. The van der Waals surface area contributed by atoms with Crippen molar-refractivity contribution in [3.05, 3.63) is 59.6 Å². The maximum atomic E-state index is 12.0. The van der Waals surface area contributed by atoms with Gasteiger partial charge in [-0.05, 0) is 30.7 Å². The number of carbonyl (C=O) groups is 1. The standard InChI is InChI=1S/C20H23N3OS2/c1-23(16-8-3-2-4-9-16)13-7-12-21-19(24)14-25-15-20-22-17-10-5-6-11-18(17)26-20/h2-6,8-11H,7,12-15H2,1H3,(H,21,24). The lowest BCUT2D eigenvalue weighted by molar-refractivity contribution is -0.118. The summed E-state index contributed by atoms with van der Waals surface area (Å²) in [6, 6.07) is 18.4. The summed E-state index contributed by atoms with van der Waals surface area (Å²) in [4.78, 5) is 18.8. The van der Waals surface area contributed by atoms with Gasteiger partial charge in [0.25, 0.3) is 0 Å². The maximum absolute atomic E-state index is 12.0. The number of aromatic nitrogens is 1. The van der Waals surface area contributed by atoms with E-state index in [4.69, 9.17) is 0 Å². The lowest BCUT2D eigenvalue weighted by Crippen LogP contribution is -2.29. The number of thiazole rings is 1. The Morgan fingerprint density at radius 3 is 2.73 bits per heavy atom. The van der Waals surface area contributed by atoms with E-state index in [1.807, 2.05) is 36.4 Å². The van der Waals surface area contributed by atoms with Gasteiger partial charge >= 0.3 is 0 Å². The predicted molar refractivity (Wildman–Crippen MR) is 113 cm³/mol. The van der Waals surface area contributed by atoms with Crippen LogP contribution in [0, 0.1) is 0 Å². The minimum absolute atomic E-state index is 0.0958. The van der Waals surface area contributed by atoms with Gasteiger partial charge in [0.05, 0.1) is 16.0 Å².